The molecular formula is C16H10F3NO2. The quantitative estimate of drug-likeness (QED) is 0.691. The second-order valence-electron chi connectivity index (χ2n) is 4.79. The Hall–Kier alpha value is -2.76. The van der Waals surface area contributed by atoms with Crippen LogP contribution in [0.2, 0.25) is 0 Å². The molecule has 0 aliphatic rings. The Bertz CT molecular complexity index is 865. The van der Waals surface area contributed by atoms with Crippen LogP contribution in [0.15, 0.2) is 42.6 Å². The number of aldehydes is 1. The van der Waals surface area contributed by atoms with Gasteiger partial charge in [-0.3, -0.25) is 4.79 Å². The van der Waals surface area contributed by atoms with Crippen molar-refractivity contribution in [2.75, 3.05) is 0 Å². The summed E-state index contributed by atoms with van der Waals surface area (Å²) in [5.41, 5.74) is -0.268. The standard InChI is InChI=1S/C16H10F3NO2/c17-16(18,19)12-4-2-1-3-10(12)11-5-6-13-14(15(11)22)9(8-21)7-20-13/h1-8,20,22H. The number of fused-ring (bicyclic) bond motifs is 1. The molecule has 22 heavy (non-hydrogen) atoms. The van der Waals surface area contributed by atoms with Crippen LogP contribution in [-0.2, 0) is 6.18 Å². The topological polar surface area (TPSA) is 53.1 Å². The predicted octanol–water partition coefficient (Wildman–Crippen LogP) is 4.37. The molecule has 112 valence electrons. The van der Waals surface area contributed by atoms with E-state index in [1.807, 2.05) is 0 Å². The Morgan fingerprint density at radius 3 is 2.45 bits per heavy atom. The summed E-state index contributed by atoms with van der Waals surface area (Å²) in [6, 6.07) is 7.92. The molecule has 0 atom stereocenters. The monoisotopic (exact) mass is 305 g/mol. The van der Waals surface area contributed by atoms with Gasteiger partial charge in [-0.1, -0.05) is 18.2 Å². The minimum atomic E-state index is -4.54. The lowest BCUT2D eigenvalue weighted by atomic mass is 9.96. The first kappa shape index (κ1) is 14.2. The first-order valence-electron chi connectivity index (χ1n) is 6.38. The van der Waals surface area contributed by atoms with Crippen LogP contribution in [0.25, 0.3) is 22.0 Å². The Kier molecular flexibility index (Phi) is 3.16. The van der Waals surface area contributed by atoms with Crippen LogP contribution in [0.5, 0.6) is 5.75 Å². The molecule has 6 heteroatoms. The van der Waals surface area contributed by atoms with Crippen molar-refractivity contribution in [3.05, 3.63) is 53.7 Å². The summed E-state index contributed by atoms with van der Waals surface area (Å²) < 4.78 is 39.4. The Morgan fingerprint density at radius 1 is 1.05 bits per heavy atom. The maximum Gasteiger partial charge on any atom is 0.417 e. The minimum absolute atomic E-state index is 0.0307. The van der Waals surface area contributed by atoms with Crippen molar-refractivity contribution < 1.29 is 23.1 Å². The largest absolute Gasteiger partial charge is 0.507 e. The van der Waals surface area contributed by atoms with Gasteiger partial charge in [0.15, 0.2) is 6.29 Å². The lowest BCUT2D eigenvalue weighted by molar-refractivity contribution is -0.137. The van der Waals surface area contributed by atoms with Gasteiger partial charge in [0.1, 0.15) is 5.75 Å². The van der Waals surface area contributed by atoms with Gasteiger partial charge in [0.05, 0.1) is 10.9 Å². The smallest absolute Gasteiger partial charge is 0.417 e. The number of carbonyl (C=O) groups is 1. The molecule has 0 spiro atoms. The fourth-order valence-electron chi connectivity index (χ4n) is 2.51. The van der Waals surface area contributed by atoms with Crippen molar-refractivity contribution in [2.24, 2.45) is 0 Å². The highest BCUT2D eigenvalue weighted by Crippen LogP contribution is 2.42. The van der Waals surface area contributed by atoms with Crippen molar-refractivity contribution in [3.8, 4) is 16.9 Å². The number of phenols is 1. The highest BCUT2D eigenvalue weighted by Gasteiger charge is 2.34. The maximum atomic E-state index is 13.1. The number of phenolic OH excluding ortho intramolecular Hbond substituents is 1. The van der Waals surface area contributed by atoms with E-state index >= 15 is 0 Å². The highest BCUT2D eigenvalue weighted by molar-refractivity contribution is 6.04. The zero-order chi connectivity index (χ0) is 15.9. The third-order valence-electron chi connectivity index (χ3n) is 3.50. The van der Waals surface area contributed by atoms with E-state index in [4.69, 9.17) is 0 Å². The summed E-state index contributed by atoms with van der Waals surface area (Å²) in [6.45, 7) is 0. The SMILES string of the molecule is O=Cc1c[nH]c2ccc(-c3ccccc3C(F)(F)F)c(O)c12. The third-order valence-corrected chi connectivity index (χ3v) is 3.50. The molecule has 1 heterocycles. The summed E-state index contributed by atoms with van der Waals surface area (Å²) in [4.78, 5) is 13.8. The summed E-state index contributed by atoms with van der Waals surface area (Å²) in [6.07, 6.45) is -2.60. The molecule has 0 bridgehead atoms. The van der Waals surface area contributed by atoms with E-state index in [1.165, 1.54) is 36.5 Å². The van der Waals surface area contributed by atoms with Crippen molar-refractivity contribution in [2.45, 2.75) is 6.18 Å². The fraction of sp³-hybridized carbons (Fsp3) is 0.0625. The van der Waals surface area contributed by atoms with Crippen LogP contribution in [0.3, 0.4) is 0 Å². The summed E-state index contributed by atoms with van der Waals surface area (Å²) >= 11 is 0. The molecule has 1 aromatic heterocycles. The Balaban J connectivity index is 2.32. The van der Waals surface area contributed by atoms with Gasteiger partial charge in [0.2, 0.25) is 0 Å². The zero-order valence-electron chi connectivity index (χ0n) is 11.1. The van der Waals surface area contributed by atoms with Gasteiger partial charge in [-0.25, -0.2) is 0 Å². The molecule has 3 aromatic rings. The summed E-state index contributed by atoms with van der Waals surface area (Å²) in [7, 11) is 0. The number of rotatable bonds is 2. The van der Waals surface area contributed by atoms with Gasteiger partial charge in [-0.05, 0) is 23.8 Å². The number of nitrogens with one attached hydrogen (secondary N) is 1. The number of benzene rings is 2. The third kappa shape index (κ3) is 2.13. The van der Waals surface area contributed by atoms with Gasteiger partial charge in [0, 0.05) is 22.8 Å². The fourth-order valence-corrected chi connectivity index (χ4v) is 2.51. The van der Waals surface area contributed by atoms with Gasteiger partial charge in [-0.15, -0.1) is 0 Å². The first-order chi connectivity index (χ1) is 10.4. The minimum Gasteiger partial charge on any atom is -0.507 e. The van der Waals surface area contributed by atoms with E-state index in [0.29, 0.717) is 11.8 Å². The van der Waals surface area contributed by atoms with E-state index in [-0.39, 0.29) is 27.8 Å². The second kappa shape index (κ2) is 4.91. The van der Waals surface area contributed by atoms with Crippen LogP contribution in [0.4, 0.5) is 13.2 Å². The normalized spacial score (nSPS) is 11.8. The van der Waals surface area contributed by atoms with Crippen LogP contribution >= 0.6 is 0 Å². The number of hydrogen-bond donors (Lipinski definition) is 2. The molecule has 0 saturated carbocycles. The molecule has 0 saturated heterocycles. The second-order valence-corrected chi connectivity index (χ2v) is 4.79. The lowest BCUT2D eigenvalue weighted by Gasteiger charge is -2.14. The average Bonchev–Trinajstić information content (AvgIpc) is 2.91. The highest BCUT2D eigenvalue weighted by atomic mass is 19.4. The molecule has 2 aromatic carbocycles. The van der Waals surface area contributed by atoms with Gasteiger partial charge in [0.25, 0.3) is 0 Å². The Labute approximate surface area is 123 Å². The molecule has 0 fully saturated rings. The van der Waals surface area contributed by atoms with E-state index < -0.39 is 11.7 Å². The van der Waals surface area contributed by atoms with Gasteiger partial charge in [-0.2, -0.15) is 13.2 Å². The predicted molar refractivity (Wildman–Crippen MR) is 75.8 cm³/mol. The summed E-state index contributed by atoms with van der Waals surface area (Å²) in [5.74, 6) is -0.349. The number of hydrogen-bond acceptors (Lipinski definition) is 2. The Morgan fingerprint density at radius 2 is 1.77 bits per heavy atom. The molecular weight excluding hydrogens is 295 g/mol. The van der Waals surface area contributed by atoms with Crippen LogP contribution < -0.4 is 0 Å². The van der Waals surface area contributed by atoms with E-state index in [1.54, 1.807) is 0 Å². The molecule has 2 N–H and O–H groups in total. The van der Waals surface area contributed by atoms with E-state index in [0.717, 1.165) is 6.07 Å². The lowest BCUT2D eigenvalue weighted by Crippen LogP contribution is -2.06. The number of aromatic hydroxyl groups is 1. The number of halogens is 3. The van der Waals surface area contributed by atoms with Crippen LogP contribution in [0, 0.1) is 0 Å². The molecule has 0 unspecified atom stereocenters. The average molecular weight is 305 g/mol. The maximum absolute atomic E-state index is 13.1. The van der Waals surface area contributed by atoms with Gasteiger partial charge >= 0.3 is 6.18 Å². The van der Waals surface area contributed by atoms with E-state index in [9.17, 15) is 23.1 Å². The van der Waals surface area contributed by atoms with Crippen molar-refractivity contribution in [1.82, 2.24) is 4.98 Å². The van der Waals surface area contributed by atoms with Crippen LogP contribution in [0.1, 0.15) is 15.9 Å². The number of aromatic nitrogens is 1. The molecule has 3 nitrogen and oxygen atoms in total. The molecule has 3 rings (SSSR count). The summed E-state index contributed by atoms with van der Waals surface area (Å²) in [5, 5.41) is 10.6. The van der Waals surface area contributed by atoms with Crippen molar-refractivity contribution in [1.29, 1.82) is 0 Å². The number of alkyl halides is 3. The molecule has 0 aliphatic heterocycles. The van der Waals surface area contributed by atoms with E-state index in [2.05, 4.69) is 4.98 Å². The number of H-pyrrole nitrogens is 1. The van der Waals surface area contributed by atoms with Crippen molar-refractivity contribution >= 4 is 17.2 Å². The van der Waals surface area contributed by atoms with Crippen LogP contribution in [-0.4, -0.2) is 16.4 Å². The number of aromatic amines is 1. The van der Waals surface area contributed by atoms with Gasteiger partial charge < -0.3 is 10.1 Å². The molecule has 0 radical (unpaired) electrons. The zero-order valence-corrected chi connectivity index (χ0v) is 11.1. The van der Waals surface area contributed by atoms with Crippen molar-refractivity contribution in [3.63, 3.8) is 0 Å². The molecule has 0 aliphatic carbocycles. The number of carbonyl (C=O) groups excluding carboxylic acids is 1. The molecule has 0 amide bonds. The first-order valence-corrected chi connectivity index (χ1v) is 6.38.